The second-order valence-corrected chi connectivity index (χ2v) is 6.91. The molecule has 5 nitrogen and oxygen atoms in total. The zero-order valence-corrected chi connectivity index (χ0v) is 16.5. The molecule has 2 aromatic rings. The Hall–Kier alpha value is -2.66. The highest BCUT2D eigenvalue weighted by Crippen LogP contribution is 2.07. The molecule has 0 aromatic heterocycles. The van der Waals surface area contributed by atoms with Crippen LogP contribution in [0.25, 0.3) is 0 Å². The molecule has 2 rings (SSSR count). The van der Waals surface area contributed by atoms with Crippen LogP contribution in [0.5, 0.6) is 0 Å². The quantitative estimate of drug-likeness (QED) is 0.491. The lowest BCUT2D eigenvalue weighted by Crippen LogP contribution is -2.25. The molecule has 0 saturated carbocycles. The van der Waals surface area contributed by atoms with Crippen LogP contribution in [0.3, 0.4) is 0 Å². The Morgan fingerprint density at radius 1 is 0.679 bits per heavy atom. The van der Waals surface area contributed by atoms with Crippen LogP contribution < -0.4 is 16.4 Å². The molecule has 0 aliphatic carbocycles. The highest BCUT2D eigenvalue weighted by atomic mass is 16.2. The van der Waals surface area contributed by atoms with Crippen LogP contribution in [0.2, 0.25) is 0 Å². The molecular formula is C23H31N3O2. The lowest BCUT2D eigenvalue weighted by atomic mass is 10.1. The molecule has 5 heteroatoms. The first-order valence-corrected chi connectivity index (χ1v) is 10.1. The summed E-state index contributed by atoms with van der Waals surface area (Å²) in [5.74, 6) is -0.159. The van der Waals surface area contributed by atoms with Gasteiger partial charge in [0.15, 0.2) is 0 Å². The standard InChI is InChI=1S/C23H31N3O2/c24-16-8-3-1-2-4-9-17-25-22(27)21-14-12-19(13-15-21)18-26-23(28)20-10-6-5-7-11-20/h5-7,10-15H,1-4,8-9,16-18,24H2,(H,25,27)(H,26,28). The number of carbonyl (C=O) groups is 2. The predicted octanol–water partition coefficient (Wildman–Crippen LogP) is 3.65. The summed E-state index contributed by atoms with van der Waals surface area (Å²) in [7, 11) is 0. The summed E-state index contributed by atoms with van der Waals surface area (Å²) in [5, 5.41) is 5.85. The number of nitrogens with two attached hydrogens (primary N) is 1. The van der Waals surface area contributed by atoms with Gasteiger partial charge in [0.2, 0.25) is 0 Å². The fraction of sp³-hybridized carbons (Fsp3) is 0.391. The summed E-state index contributed by atoms with van der Waals surface area (Å²) in [4.78, 5) is 24.2. The van der Waals surface area contributed by atoms with Crippen molar-refractivity contribution in [2.45, 2.75) is 45.1 Å². The van der Waals surface area contributed by atoms with Gasteiger partial charge in [0, 0.05) is 24.2 Å². The van der Waals surface area contributed by atoms with Crippen molar-refractivity contribution in [3.8, 4) is 0 Å². The number of hydrogen-bond donors (Lipinski definition) is 3. The maximum absolute atomic E-state index is 12.2. The minimum absolute atomic E-state index is 0.0528. The third-order valence-corrected chi connectivity index (χ3v) is 4.62. The number of carbonyl (C=O) groups excluding carboxylic acids is 2. The molecule has 0 heterocycles. The average Bonchev–Trinajstić information content (AvgIpc) is 2.74. The lowest BCUT2D eigenvalue weighted by molar-refractivity contribution is 0.0942. The smallest absolute Gasteiger partial charge is 0.251 e. The molecule has 0 bridgehead atoms. The molecular weight excluding hydrogens is 350 g/mol. The van der Waals surface area contributed by atoms with Gasteiger partial charge in [0.1, 0.15) is 0 Å². The monoisotopic (exact) mass is 381 g/mol. The Kier molecular flexibility index (Phi) is 9.80. The van der Waals surface area contributed by atoms with E-state index in [0.717, 1.165) is 31.4 Å². The first-order chi connectivity index (χ1) is 13.7. The first kappa shape index (κ1) is 21.6. The zero-order chi connectivity index (χ0) is 20.0. The van der Waals surface area contributed by atoms with Gasteiger partial charge < -0.3 is 16.4 Å². The molecule has 0 unspecified atom stereocenters. The van der Waals surface area contributed by atoms with Gasteiger partial charge in [-0.25, -0.2) is 0 Å². The van der Waals surface area contributed by atoms with Crippen LogP contribution in [-0.4, -0.2) is 24.9 Å². The van der Waals surface area contributed by atoms with Crippen molar-refractivity contribution in [2.24, 2.45) is 5.73 Å². The Bertz CT molecular complexity index is 714. The molecule has 0 spiro atoms. The molecule has 0 aliphatic heterocycles. The van der Waals surface area contributed by atoms with Crippen LogP contribution in [0, 0.1) is 0 Å². The van der Waals surface area contributed by atoms with E-state index in [1.54, 1.807) is 24.3 Å². The number of amides is 2. The number of hydrogen-bond acceptors (Lipinski definition) is 3. The summed E-state index contributed by atoms with van der Waals surface area (Å²) in [6, 6.07) is 16.5. The molecule has 0 saturated heterocycles. The normalized spacial score (nSPS) is 10.5. The molecule has 28 heavy (non-hydrogen) atoms. The fourth-order valence-electron chi connectivity index (χ4n) is 2.93. The average molecular weight is 382 g/mol. The minimum atomic E-state index is -0.106. The van der Waals surface area contributed by atoms with Crippen molar-refractivity contribution in [1.82, 2.24) is 10.6 Å². The molecule has 0 aliphatic rings. The summed E-state index contributed by atoms with van der Waals surface area (Å²) in [5.41, 5.74) is 7.71. The van der Waals surface area contributed by atoms with Gasteiger partial charge in [-0.3, -0.25) is 9.59 Å². The minimum Gasteiger partial charge on any atom is -0.352 e. The van der Waals surface area contributed by atoms with Gasteiger partial charge in [-0.2, -0.15) is 0 Å². The van der Waals surface area contributed by atoms with E-state index >= 15 is 0 Å². The molecule has 150 valence electrons. The first-order valence-electron chi connectivity index (χ1n) is 10.1. The van der Waals surface area contributed by atoms with Gasteiger partial charge in [-0.15, -0.1) is 0 Å². The zero-order valence-electron chi connectivity index (χ0n) is 16.5. The maximum Gasteiger partial charge on any atom is 0.251 e. The van der Waals surface area contributed by atoms with Gasteiger partial charge in [-0.05, 0) is 49.2 Å². The topological polar surface area (TPSA) is 84.2 Å². The van der Waals surface area contributed by atoms with Crippen molar-refractivity contribution >= 4 is 11.8 Å². The molecule has 4 N–H and O–H groups in total. The Labute approximate surface area is 167 Å². The second kappa shape index (κ2) is 12.7. The van der Waals surface area contributed by atoms with Crippen molar-refractivity contribution in [3.05, 3.63) is 71.3 Å². The highest BCUT2D eigenvalue weighted by molar-refractivity contribution is 5.94. The third kappa shape index (κ3) is 7.92. The van der Waals surface area contributed by atoms with Crippen LogP contribution in [0.4, 0.5) is 0 Å². The molecule has 2 amide bonds. The highest BCUT2D eigenvalue weighted by Gasteiger charge is 2.06. The molecule has 0 fully saturated rings. The van der Waals surface area contributed by atoms with Gasteiger partial charge >= 0.3 is 0 Å². The largest absolute Gasteiger partial charge is 0.352 e. The number of benzene rings is 2. The fourth-order valence-corrected chi connectivity index (χ4v) is 2.93. The Balaban J connectivity index is 1.66. The van der Waals surface area contributed by atoms with Crippen LogP contribution in [0.15, 0.2) is 54.6 Å². The van der Waals surface area contributed by atoms with Gasteiger partial charge in [0.05, 0.1) is 0 Å². The van der Waals surface area contributed by atoms with Crippen molar-refractivity contribution < 1.29 is 9.59 Å². The van der Waals surface area contributed by atoms with Gasteiger partial charge in [-0.1, -0.05) is 56.0 Å². The maximum atomic E-state index is 12.2. The number of nitrogens with one attached hydrogen (secondary N) is 2. The van der Waals surface area contributed by atoms with Crippen molar-refractivity contribution in [1.29, 1.82) is 0 Å². The van der Waals surface area contributed by atoms with E-state index in [2.05, 4.69) is 10.6 Å². The SMILES string of the molecule is NCCCCCCCCNC(=O)c1ccc(CNC(=O)c2ccccc2)cc1. The lowest BCUT2D eigenvalue weighted by Gasteiger charge is -2.08. The van der Waals surface area contributed by atoms with E-state index in [4.69, 9.17) is 5.73 Å². The summed E-state index contributed by atoms with van der Waals surface area (Å²) in [6.45, 7) is 1.90. The van der Waals surface area contributed by atoms with Crippen molar-refractivity contribution in [3.63, 3.8) is 0 Å². The molecule has 0 radical (unpaired) electrons. The summed E-state index contributed by atoms with van der Waals surface area (Å²) < 4.78 is 0. The van der Waals surface area contributed by atoms with Crippen molar-refractivity contribution in [2.75, 3.05) is 13.1 Å². The Morgan fingerprint density at radius 3 is 1.93 bits per heavy atom. The van der Waals surface area contributed by atoms with E-state index < -0.39 is 0 Å². The summed E-state index contributed by atoms with van der Waals surface area (Å²) >= 11 is 0. The van der Waals surface area contributed by atoms with Crippen LogP contribution >= 0.6 is 0 Å². The van der Waals surface area contributed by atoms with Crippen LogP contribution in [0.1, 0.15) is 64.8 Å². The van der Waals surface area contributed by atoms with Gasteiger partial charge in [0.25, 0.3) is 11.8 Å². The predicted molar refractivity (Wildman–Crippen MR) is 113 cm³/mol. The molecule has 0 atom stereocenters. The molecule has 2 aromatic carbocycles. The Morgan fingerprint density at radius 2 is 1.25 bits per heavy atom. The third-order valence-electron chi connectivity index (χ3n) is 4.62. The van der Waals surface area contributed by atoms with E-state index in [1.807, 2.05) is 30.3 Å². The van der Waals surface area contributed by atoms with Crippen LogP contribution in [-0.2, 0) is 6.54 Å². The number of unbranched alkanes of at least 4 members (excludes halogenated alkanes) is 5. The van der Waals surface area contributed by atoms with E-state index in [9.17, 15) is 9.59 Å². The van der Waals surface area contributed by atoms with E-state index in [1.165, 1.54) is 19.3 Å². The number of rotatable bonds is 12. The second-order valence-electron chi connectivity index (χ2n) is 6.91. The van der Waals surface area contributed by atoms with E-state index in [0.29, 0.717) is 24.2 Å². The van der Waals surface area contributed by atoms with E-state index in [-0.39, 0.29) is 11.8 Å². The summed E-state index contributed by atoms with van der Waals surface area (Å²) in [6.07, 6.45) is 6.83.